The van der Waals surface area contributed by atoms with Gasteiger partial charge in [-0.25, -0.2) is 9.37 Å². The van der Waals surface area contributed by atoms with Crippen LogP contribution in [-0.4, -0.2) is 55.6 Å². The summed E-state index contributed by atoms with van der Waals surface area (Å²) in [6.07, 6.45) is 4.11. The van der Waals surface area contributed by atoms with Gasteiger partial charge in [0, 0.05) is 51.4 Å². The van der Waals surface area contributed by atoms with Crippen molar-refractivity contribution in [3.8, 4) is 0 Å². The van der Waals surface area contributed by atoms with E-state index < -0.39 is 0 Å². The lowest BCUT2D eigenvalue weighted by Crippen LogP contribution is -2.53. The molecular weight excluding hydrogens is 468 g/mol. The first kappa shape index (κ1) is 20.8. The minimum absolute atomic E-state index is 0. The van der Waals surface area contributed by atoms with Gasteiger partial charge in [0.15, 0.2) is 5.96 Å². The minimum atomic E-state index is -0.177. The van der Waals surface area contributed by atoms with Crippen molar-refractivity contribution in [2.75, 3.05) is 44.7 Å². The third-order valence-corrected chi connectivity index (χ3v) is 5.66. The van der Waals surface area contributed by atoms with E-state index in [-0.39, 0.29) is 35.2 Å². The number of nitrogens with one attached hydrogen (secondary N) is 1. The largest absolute Gasteiger partial charge is 0.355 e. The number of nitrogens with zero attached hydrogens (tertiary/aromatic N) is 4. The van der Waals surface area contributed by atoms with Gasteiger partial charge in [0.1, 0.15) is 11.6 Å². The summed E-state index contributed by atoms with van der Waals surface area (Å²) in [4.78, 5) is 13.5. The molecule has 1 saturated carbocycles. The zero-order valence-electron chi connectivity index (χ0n) is 16.1. The number of aliphatic imine (C=N–C) groups is 1. The maximum absolute atomic E-state index is 13.2. The molecule has 0 bridgehead atoms. The molecule has 7 heteroatoms. The van der Waals surface area contributed by atoms with E-state index in [1.54, 1.807) is 12.1 Å². The number of rotatable bonds is 4. The molecule has 1 aromatic carbocycles. The predicted molar refractivity (Wildman–Crippen MR) is 122 cm³/mol. The maximum atomic E-state index is 13.2. The number of pyridine rings is 1. The molecule has 2 fully saturated rings. The molecule has 28 heavy (non-hydrogen) atoms. The Bertz CT molecular complexity index is 784. The fourth-order valence-corrected chi connectivity index (χ4v) is 3.79. The second-order valence-corrected chi connectivity index (χ2v) is 7.35. The Labute approximate surface area is 183 Å². The molecule has 2 heterocycles. The Balaban J connectivity index is 0.00000225. The zero-order valence-corrected chi connectivity index (χ0v) is 18.5. The SMILES string of the molecule is CN=C(NCC1(c2ccc(F)cc2)CC1)N1CCN(c2ccccn2)CC1.I. The lowest BCUT2D eigenvalue weighted by atomic mass is 9.96. The first-order chi connectivity index (χ1) is 13.2. The van der Waals surface area contributed by atoms with Gasteiger partial charge in [-0.15, -0.1) is 24.0 Å². The summed E-state index contributed by atoms with van der Waals surface area (Å²) in [5.74, 6) is 1.81. The van der Waals surface area contributed by atoms with Crippen molar-refractivity contribution in [3.05, 3.63) is 60.0 Å². The first-order valence-corrected chi connectivity index (χ1v) is 9.58. The molecule has 1 saturated heterocycles. The van der Waals surface area contributed by atoms with Gasteiger partial charge >= 0.3 is 0 Å². The third kappa shape index (κ3) is 4.56. The second kappa shape index (κ2) is 9.07. The van der Waals surface area contributed by atoms with Crippen LogP contribution in [0, 0.1) is 5.82 Å². The van der Waals surface area contributed by atoms with Crippen LogP contribution in [0.5, 0.6) is 0 Å². The van der Waals surface area contributed by atoms with Crippen molar-refractivity contribution < 1.29 is 4.39 Å². The fourth-order valence-electron chi connectivity index (χ4n) is 3.79. The van der Waals surface area contributed by atoms with E-state index in [4.69, 9.17) is 0 Å². The van der Waals surface area contributed by atoms with Crippen LogP contribution in [0.15, 0.2) is 53.7 Å². The van der Waals surface area contributed by atoms with E-state index in [1.807, 2.05) is 37.5 Å². The van der Waals surface area contributed by atoms with E-state index in [2.05, 4.69) is 31.2 Å². The van der Waals surface area contributed by atoms with Gasteiger partial charge in [0.2, 0.25) is 0 Å². The van der Waals surface area contributed by atoms with E-state index in [1.165, 1.54) is 5.56 Å². The number of halogens is 2. The molecule has 2 aromatic rings. The highest BCUT2D eigenvalue weighted by Crippen LogP contribution is 2.47. The molecule has 150 valence electrons. The number of anilines is 1. The molecular formula is C21H27FIN5. The van der Waals surface area contributed by atoms with Gasteiger partial charge < -0.3 is 15.1 Å². The van der Waals surface area contributed by atoms with Crippen molar-refractivity contribution in [2.24, 2.45) is 4.99 Å². The Morgan fingerprint density at radius 1 is 1.11 bits per heavy atom. The van der Waals surface area contributed by atoms with Crippen molar-refractivity contribution in [1.82, 2.24) is 15.2 Å². The number of hydrogen-bond acceptors (Lipinski definition) is 3. The zero-order chi connectivity index (χ0) is 18.7. The van der Waals surface area contributed by atoms with E-state index >= 15 is 0 Å². The quantitative estimate of drug-likeness (QED) is 0.402. The van der Waals surface area contributed by atoms with Crippen LogP contribution in [0.25, 0.3) is 0 Å². The molecule has 4 rings (SSSR count). The van der Waals surface area contributed by atoms with Crippen molar-refractivity contribution >= 4 is 35.8 Å². The molecule has 1 aliphatic heterocycles. The van der Waals surface area contributed by atoms with Crippen molar-refractivity contribution in [3.63, 3.8) is 0 Å². The predicted octanol–water partition coefficient (Wildman–Crippen LogP) is 3.27. The second-order valence-electron chi connectivity index (χ2n) is 7.35. The number of benzene rings is 1. The van der Waals surface area contributed by atoms with Gasteiger partial charge in [0.05, 0.1) is 0 Å². The van der Waals surface area contributed by atoms with Crippen LogP contribution in [-0.2, 0) is 5.41 Å². The lowest BCUT2D eigenvalue weighted by Gasteiger charge is -2.37. The van der Waals surface area contributed by atoms with E-state index in [0.717, 1.165) is 57.3 Å². The highest BCUT2D eigenvalue weighted by molar-refractivity contribution is 14.0. The molecule has 0 unspecified atom stereocenters. The number of piperazine rings is 1. The van der Waals surface area contributed by atoms with Gasteiger partial charge in [-0.05, 0) is 42.7 Å². The van der Waals surface area contributed by atoms with Crippen LogP contribution < -0.4 is 10.2 Å². The van der Waals surface area contributed by atoms with E-state index in [0.29, 0.717) is 0 Å². The fraction of sp³-hybridized carbons (Fsp3) is 0.429. The molecule has 0 spiro atoms. The van der Waals surface area contributed by atoms with Gasteiger partial charge in [0.25, 0.3) is 0 Å². The Hall–Kier alpha value is -1.90. The Morgan fingerprint density at radius 2 is 1.82 bits per heavy atom. The Morgan fingerprint density at radius 3 is 2.39 bits per heavy atom. The summed E-state index contributed by atoms with van der Waals surface area (Å²) in [5.41, 5.74) is 1.34. The summed E-state index contributed by atoms with van der Waals surface area (Å²) in [6, 6.07) is 13.0. The summed E-state index contributed by atoms with van der Waals surface area (Å²) >= 11 is 0. The molecule has 1 aliphatic carbocycles. The number of hydrogen-bond donors (Lipinski definition) is 1. The van der Waals surface area contributed by atoms with Gasteiger partial charge in [-0.3, -0.25) is 4.99 Å². The van der Waals surface area contributed by atoms with Crippen molar-refractivity contribution in [2.45, 2.75) is 18.3 Å². The highest BCUT2D eigenvalue weighted by Gasteiger charge is 2.44. The van der Waals surface area contributed by atoms with Crippen LogP contribution in [0.2, 0.25) is 0 Å². The average molecular weight is 495 g/mol. The first-order valence-electron chi connectivity index (χ1n) is 9.58. The lowest BCUT2D eigenvalue weighted by molar-refractivity contribution is 0.369. The molecule has 0 amide bonds. The standard InChI is InChI=1S/C21H26FN5.HI/c1-23-20(25-16-21(9-10-21)17-5-7-18(22)8-6-17)27-14-12-26(13-15-27)19-4-2-3-11-24-19;/h2-8,11H,9-10,12-16H2,1H3,(H,23,25);1H. The van der Waals surface area contributed by atoms with Crippen LogP contribution in [0.4, 0.5) is 10.2 Å². The molecule has 1 aromatic heterocycles. The summed E-state index contributed by atoms with van der Waals surface area (Å²) in [7, 11) is 1.84. The summed E-state index contributed by atoms with van der Waals surface area (Å²) < 4.78 is 13.2. The third-order valence-electron chi connectivity index (χ3n) is 5.66. The normalized spacial score (nSPS) is 18.4. The monoisotopic (exact) mass is 495 g/mol. The average Bonchev–Trinajstić information content (AvgIpc) is 3.51. The van der Waals surface area contributed by atoms with Crippen LogP contribution >= 0.6 is 24.0 Å². The summed E-state index contributed by atoms with van der Waals surface area (Å²) in [5, 5.41) is 3.56. The smallest absolute Gasteiger partial charge is 0.193 e. The minimum Gasteiger partial charge on any atom is -0.355 e. The molecule has 0 atom stereocenters. The topological polar surface area (TPSA) is 43.8 Å². The molecule has 0 radical (unpaired) electrons. The number of guanidine groups is 1. The highest BCUT2D eigenvalue weighted by atomic mass is 127. The van der Waals surface area contributed by atoms with Crippen LogP contribution in [0.1, 0.15) is 18.4 Å². The molecule has 2 aliphatic rings. The Kier molecular flexibility index (Phi) is 6.74. The van der Waals surface area contributed by atoms with E-state index in [9.17, 15) is 4.39 Å². The van der Waals surface area contributed by atoms with Gasteiger partial charge in [-0.2, -0.15) is 0 Å². The van der Waals surface area contributed by atoms with Crippen molar-refractivity contribution in [1.29, 1.82) is 0 Å². The summed E-state index contributed by atoms with van der Waals surface area (Å²) in [6.45, 7) is 4.53. The molecule has 5 nitrogen and oxygen atoms in total. The maximum Gasteiger partial charge on any atom is 0.193 e. The van der Waals surface area contributed by atoms with Gasteiger partial charge in [-0.1, -0.05) is 18.2 Å². The van der Waals surface area contributed by atoms with Crippen LogP contribution in [0.3, 0.4) is 0 Å². The molecule has 1 N–H and O–H groups in total. The number of aromatic nitrogens is 1.